The summed E-state index contributed by atoms with van der Waals surface area (Å²) >= 11 is 0. The van der Waals surface area contributed by atoms with Crippen molar-refractivity contribution in [3.8, 4) is 5.75 Å². The fourth-order valence-corrected chi connectivity index (χ4v) is 1.99. The lowest BCUT2D eigenvalue weighted by Gasteiger charge is -2.22. The van der Waals surface area contributed by atoms with Crippen molar-refractivity contribution >= 4 is 11.4 Å². The molecule has 0 spiro atoms. The maximum Gasteiger partial charge on any atom is 0.144 e. The quantitative estimate of drug-likeness (QED) is 0.769. The Balaban J connectivity index is 2.09. The van der Waals surface area contributed by atoms with Crippen LogP contribution in [0.4, 0.5) is 11.4 Å². The van der Waals surface area contributed by atoms with E-state index in [1.165, 1.54) is 12.8 Å². The summed E-state index contributed by atoms with van der Waals surface area (Å²) in [7, 11) is 2.10. The molecule has 0 bridgehead atoms. The van der Waals surface area contributed by atoms with Crippen LogP contribution in [0.2, 0.25) is 0 Å². The number of hydrogen-bond acceptors (Lipinski definition) is 3. The lowest BCUT2D eigenvalue weighted by Crippen LogP contribution is -2.21. The minimum Gasteiger partial charge on any atom is -0.491 e. The number of hydrogen-bond donors (Lipinski definition) is 1. The maximum atomic E-state index is 6.15. The van der Waals surface area contributed by atoms with Gasteiger partial charge in [0.25, 0.3) is 0 Å². The molecule has 0 amide bonds. The molecule has 0 unspecified atom stereocenters. The van der Waals surface area contributed by atoms with Gasteiger partial charge < -0.3 is 15.4 Å². The van der Waals surface area contributed by atoms with Crippen LogP contribution in [0.5, 0.6) is 5.75 Å². The van der Waals surface area contributed by atoms with E-state index in [0.29, 0.717) is 0 Å². The first-order chi connectivity index (χ1) is 8.22. The summed E-state index contributed by atoms with van der Waals surface area (Å²) in [5.41, 5.74) is 8.01. The van der Waals surface area contributed by atoms with Crippen molar-refractivity contribution in [1.82, 2.24) is 0 Å². The minimum atomic E-state index is 0.722. The van der Waals surface area contributed by atoms with Gasteiger partial charge in [-0.05, 0) is 37.3 Å². The summed E-state index contributed by atoms with van der Waals surface area (Å²) in [5.74, 6) is 1.67. The molecule has 2 rings (SSSR count). The zero-order valence-corrected chi connectivity index (χ0v) is 10.8. The Morgan fingerprint density at radius 3 is 2.82 bits per heavy atom. The van der Waals surface area contributed by atoms with E-state index in [1.54, 1.807) is 0 Å². The van der Waals surface area contributed by atoms with Gasteiger partial charge in [0.1, 0.15) is 5.75 Å². The molecule has 1 saturated carbocycles. The molecule has 1 fully saturated rings. The summed E-state index contributed by atoms with van der Waals surface area (Å²) in [6, 6.07) is 6.02. The van der Waals surface area contributed by atoms with Crippen LogP contribution in [0.25, 0.3) is 0 Å². The molecule has 3 nitrogen and oxygen atoms in total. The molecular formula is C14H22N2O. The van der Waals surface area contributed by atoms with Crippen molar-refractivity contribution in [3.05, 3.63) is 18.2 Å². The van der Waals surface area contributed by atoms with E-state index in [2.05, 4.69) is 24.9 Å². The summed E-state index contributed by atoms with van der Waals surface area (Å²) in [5, 5.41) is 0. The summed E-state index contributed by atoms with van der Waals surface area (Å²) in [6.45, 7) is 3.92. The molecule has 94 valence electrons. The zero-order valence-electron chi connectivity index (χ0n) is 10.8. The number of anilines is 2. The van der Waals surface area contributed by atoms with Gasteiger partial charge in [0.2, 0.25) is 0 Å². The minimum absolute atomic E-state index is 0.722. The van der Waals surface area contributed by atoms with Crippen LogP contribution < -0.4 is 15.4 Å². The van der Waals surface area contributed by atoms with Gasteiger partial charge in [-0.1, -0.05) is 13.0 Å². The second-order valence-electron chi connectivity index (χ2n) is 4.86. The highest BCUT2D eigenvalue weighted by Crippen LogP contribution is 2.35. The largest absolute Gasteiger partial charge is 0.491 e. The first-order valence-corrected chi connectivity index (χ1v) is 6.44. The second-order valence-corrected chi connectivity index (χ2v) is 4.86. The van der Waals surface area contributed by atoms with E-state index < -0.39 is 0 Å². The first kappa shape index (κ1) is 12.1. The standard InChI is InChI=1S/C14H22N2O/c1-3-9-17-13-6-4-5-12(14(13)15)16(2)10-11-7-8-11/h4-6,11H,3,7-10,15H2,1-2H3. The van der Waals surface area contributed by atoms with Crippen LogP contribution in [-0.2, 0) is 0 Å². The van der Waals surface area contributed by atoms with E-state index in [4.69, 9.17) is 10.5 Å². The molecule has 0 atom stereocenters. The highest BCUT2D eigenvalue weighted by Gasteiger charge is 2.23. The van der Waals surface area contributed by atoms with E-state index in [9.17, 15) is 0 Å². The van der Waals surface area contributed by atoms with Crippen LogP contribution in [0.1, 0.15) is 26.2 Å². The van der Waals surface area contributed by atoms with Crippen LogP contribution >= 0.6 is 0 Å². The van der Waals surface area contributed by atoms with Gasteiger partial charge in [0.15, 0.2) is 0 Å². The van der Waals surface area contributed by atoms with Crippen molar-refractivity contribution in [2.75, 3.05) is 30.8 Å². The first-order valence-electron chi connectivity index (χ1n) is 6.44. The molecule has 1 aliphatic rings. The normalized spacial score (nSPS) is 14.7. The van der Waals surface area contributed by atoms with Crippen LogP contribution in [0.3, 0.4) is 0 Å². The Morgan fingerprint density at radius 1 is 1.41 bits per heavy atom. The molecular weight excluding hydrogens is 212 g/mol. The third-order valence-corrected chi connectivity index (χ3v) is 3.15. The van der Waals surface area contributed by atoms with Crippen LogP contribution in [-0.4, -0.2) is 20.2 Å². The fourth-order valence-electron chi connectivity index (χ4n) is 1.99. The van der Waals surface area contributed by atoms with Crippen molar-refractivity contribution in [2.24, 2.45) is 5.92 Å². The lowest BCUT2D eigenvalue weighted by molar-refractivity contribution is 0.319. The van der Waals surface area contributed by atoms with Gasteiger partial charge in [0.05, 0.1) is 18.0 Å². The Hall–Kier alpha value is -1.38. The Bertz CT molecular complexity index is 374. The molecule has 0 radical (unpaired) electrons. The van der Waals surface area contributed by atoms with Crippen molar-refractivity contribution < 1.29 is 4.74 Å². The van der Waals surface area contributed by atoms with E-state index in [0.717, 1.165) is 42.6 Å². The number of ether oxygens (including phenoxy) is 1. The average Bonchev–Trinajstić information content (AvgIpc) is 3.11. The third kappa shape index (κ3) is 3.05. The SMILES string of the molecule is CCCOc1cccc(N(C)CC2CC2)c1N. The molecule has 0 saturated heterocycles. The summed E-state index contributed by atoms with van der Waals surface area (Å²) < 4.78 is 5.65. The van der Waals surface area contributed by atoms with Gasteiger partial charge in [0, 0.05) is 13.6 Å². The van der Waals surface area contributed by atoms with E-state index in [-0.39, 0.29) is 0 Å². The number of nitrogen functional groups attached to an aromatic ring is 1. The van der Waals surface area contributed by atoms with Gasteiger partial charge >= 0.3 is 0 Å². The molecule has 3 heteroatoms. The van der Waals surface area contributed by atoms with Gasteiger partial charge in [-0.3, -0.25) is 0 Å². The maximum absolute atomic E-state index is 6.15. The van der Waals surface area contributed by atoms with Gasteiger partial charge in [-0.15, -0.1) is 0 Å². The topological polar surface area (TPSA) is 38.5 Å². The molecule has 0 aliphatic heterocycles. The third-order valence-electron chi connectivity index (χ3n) is 3.15. The number of para-hydroxylation sites is 1. The monoisotopic (exact) mass is 234 g/mol. The lowest BCUT2D eigenvalue weighted by atomic mass is 10.2. The second kappa shape index (κ2) is 5.30. The summed E-state index contributed by atoms with van der Waals surface area (Å²) in [6.07, 6.45) is 3.72. The average molecular weight is 234 g/mol. The van der Waals surface area contributed by atoms with Gasteiger partial charge in [-0.25, -0.2) is 0 Å². The predicted octanol–water partition coefficient (Wildman–Crippen LogP) is 2.90. The molecule has 1 aromatic carbocycles. The molecule has 0 aromatic heterocycles. The van der Waals surface area contributed by atoms with Gasteiger partial charge in [-0.2, -0.15) is 0 Å². The van der Waals surface area contributed by atoms with E-state index >= 15 is 0 Å². The highest BCUT2D eigenvalue weighted by molar-refractivity contribution is 5.73. The van der Waals surface area contributed by atoms with Crippen LogP contribution in [0, 0.1) is 5.92 Å². The smallest absolute Gasteiger partial charge is 0.144 e. The number of nitrogens with zero attached hydrogens (tertiary/aromatic N) is 1. The summed E-state index contributed by atoms with van der Waals surface area (Å²) in [4.78, 5) is 2.24. The Morgan fingerprint density at radius 2 is 2.18 bits per heavy atom. The van der Waals surface area contributed by atoms with Crippen molar-refractivity contribution in [3.63, 3.8) is 0 Å². The highest BCUT2D eigenvalue weighted by atomic mass is 16.5. The molecule has 2 N–H and O–H groups in total. The molecule has 1 aliphatic carbocycles. The van der Waals surface area contributed by atoms with Crippen molar-refractivity contribution in [1.29, 1.82) is 0 Å². The number of benzene rings is 1. The Labute approximate surface area is 104 Å². The molecule has 0 heterocycles. The molecule has 1 aromatic rings. The number of nitrogens with two attached hydrogens (primary N) is 1. The Kier molecular flexibility index (Phi) is 3.77. The fraction of sp³-hybridized carbons (Fsp3) is 0.571. The van der Waals surface area contributed by atoms with Crippen LogP contribution in [0.15, 0.2) is 18.2 Å². The zero-order chi connectivity index (χ0) is 12.3. The van der Waals surface area contributed by atoms with Crippen molar-refractivity contribution in [2.45, 2.75) is 26.2 Å². The number of rotatable bonds is 6. The van der Waals surface area contributed by atoms with E-state index in [1.807, 2.05) is 12.1 Å². The predicted molar refractivity (Wildman–Crippen MR) is 72.6 cm³/mol. The molecule has 17 heavy (non-hydrogen) atoms.